The van der Waals surface area contributed by atoms with Crippen LogP contribution in [0.25, 0.3) is 0 Å². The van der Waals surface area contributed by atoms with E-state index in [1.165, 1.54) is 12.1 Å². The van der Waals surface area contributed by atoms with Crippen LogP contribution in [0.3, 0.4) is 0 Å². The molecule has 0 aliphatic rings. The van der Waals surface area contributed by atoms with Crippen LogP contribution >= 0.6 is 0 Å². The van der Waals surface area contributed by atoms with E-state index in [1.54, 1.807) is 43.3 Å². The van der Waals surface area contributed by atoms with E-state index < -0.39 is 28.9 Å². The van der Waals surface area contributed by atoms with Crippen molar-refractivity contribution in [3.63, 3.8) is 0 Å². The average Bonchev–Trinajstić information content (AvgIpc) is 2.93. The van der Waals surface area contributed by atoms with Crippen molar-refractivity contribution in [2.45, 2.75) is 31.9 Å². The Balaban J connectivity index is 1.86. The third kappa shape index (κ3) is 8.18. The molecule has 3 aromatic carbocycles. The Morgan fingerprint density at radius 3 is 2.37 bits per heavy atom. The maximum absolute atomic E-state index is 12.9. The lowest BCUT2D eigenvalue weighted by molar-refractivity contribution is -0.525. The molecule has 0 saturated carbocycles. The number of hydrogen-bond acceptors (Lipinski definition) is 7. The zero-order chi connectivity index (χ0) is 27.3. The summed E-state index contributed by atoms with van der Waals surface area (Å²) in [7, 11) is 0. The van der Waals surface area contributed by atoms with Gasteiger partial charge < -0.3 is 19.9 Å². The summed E-state index contributed by atoms with van der Waals surface area (Å²) in [5.41, 5.74) is 1.58. The standard InChI is InChI=1S/C29H28N2O7/c1-2-37-27(33)19-18-25(32)24-14-9-15-26(28(24)30-29(34)22-12-7-4-8-13-22)38-20-23(31(35)36)17-16-21-10-5-3-6-11-21/h3-15,23,25,32H,2,16-17,20H2,1H3,(H,30,34). The molecule has 0 aromatic heterocycles. The van der Waals surface area contributed by atoms with Crippen LogP contribution in [0.1, 0.15) is 40.9 Å². The van der Waals surface area contributed by atoms with Gasteiger partial charge in [-0.25, -0.2) is 4.79 Å². The van der Waals surface area contributed by atoms with E-state index in [0.717, 1.165) is 5.56 Å². The summed E-state index contributed by atoms with van der Waals surface area (Å²) in [6, 6.07) is 21.4. The first-order chi connectivity index (χ1) is 18.4. The van der Waals surface area contributed by atoms with Gasteiger partial charge in [-0.05, 0) is 37.1 Å². The van der Waals surface area contributed by atoms with Crippen molar-refractivity contribution in [1.82, 2.24) is 0 Å². The van der Waals surface area contributed by atoms with Crippen molar-refractivity contribution in [3.05, 3.63) is 106 Å². The van der Waals surface area contributed by atoms with Gasteiger partial charge in [-0.15, -0.1) is 0 Å². The molecule has 2 atom stereocenters. The number of amides is 1. The van der Waals surface area contributed by atoms with Crippen LogP contribution < -0.4 is 10.1 Å². The number of nitro groups is 1. The molecule has 2 N–H and O–H groups in total. The fourth-order valence-electron chi connectivity index (χ4n) is 3.59. The van der Waals surface area contributed by atoms with E-state index in [-0.39, 0.29) is 36.6 Å². The molecule has 0 bridgehead atoms. The number of rotatable bonds is 11. The van der Waals surface area contributed by atoms with Crippen LogP contribution in [0.15, 0.2) is 78.9 Å². The van der Waals surface area contributed by atoms with Gasteiger partial charge in [0.2, 0.25) is 6.04 Å². The first-order valence-corrected chi connectivity index (χ1v) is 12.0. The maximum Gasteiger partial charge on any atom is 0.384 e. The molecule has 3 rings (SSSR count). The molecule has 3 aromatic rings. The normalized spacial score (nSPS) is 11.8. The highest BCUT2D eigenvalue weighted by Crippen LogP contribution is 2.33. The van der Waals surface area contributed by atoms with E-state index in [1.807, 2.05) is 30.3 Å². The summed E-state index contributed by atoms with van der Waals surface area (Å²) in [5, 5.41) is 25.1. The van der Waals surface area contributed by atoms with Crippen molar-refractivity contribution in [2.24, 2.45) is 0 Å². The van der Waals surface area contributed by atoms with E-state index >= 15 is 0 Å². The second-order valence-electron chi connectivity index (χ2n) is 8.21. The van der Waals surface area contributed by atoms with Crippen LogP contribution in [0.2, 0.25) is 0 Å². The van der Waals surface area contributed by atoms with Gasteiger partial charge in [-0.1, -0.05) is 66.6 Å². The monoisotopic (exact) mass is 516 g/mol. The van der Waals surface area contributed by atoms with Crippen LogP contribution in [0.5, 0.6) is 5.75 Å². The van der Waals surface area contributed by atoms with Crippen molar-refractivity contribution in [1.29, 1.82) is 0 Å². The van der Waals surface area contributed by atoms with Gasteiger partial charge in [0.25, 0.3) is 5.91 Å². The number of ether oxygens (including phenoxy) is 2. The zero-order valence-electron chi connectivity index (χ0n) is 20.8. The number of para-hydroxylation sites is 1. The smallest absolute Gasteiger partial charge is 0.384 e. The van der Waals surface area contributed by atoms with Crippen molar-refractivity contribution in [3.8, 4) is 17.6 Å². The molecule has 0 spiro atoms. The van der Waals surface area contributed by atoms with E-state index in [0.29, 0.717) is 12.0 Å². The maximum atomic E-state index is 12.9. The minimum absolute atomic E-state index is 0.0946. The predicted octanol–water partition coefficient (Wildman–Crippen LogP) is 4.20. The van der Waals surface area contributed by atoms with Crippen molar-refractivity contribution < 1.29 is 29.1 Å². The fraction of sp³-hybridized carbons (Fsp3) is 0.241. The molecule has 9 nitrogen and oxygen atoms in total. The average molecular weight is 517 g/mol. The fourth-order valence-corrected chi connectivity index (χ4v) is 3.59. The van der Waals surface area contributed by atoms with Gasteiger partial charge in [-0.3, -0.25) is 14.9 Å². The van der Waals surface area contributed by atoms with Crippen LogP contribution in [0, 0.1) is 22.0 Å². The molecule has 196 valence electrons. The molecule has 0 aliphatic carbocycles. The largest absolute Gasteiger partial charge is 0.484 e. The lowest BCUT2D eigenvalue weighted by Crippen LogP contribution is -2.28. The van der Waals surface area contributed by atoms with Crippen molar-refractivity contribution >= 4 is 17.6 Å². The minimum atomic E-state index is -1.47. The number of nitrogens with one attached hydrogen (secondary N) is 1. The topological polar surface area (TPSA) is 128 Å². The van der Waals surface area contributed by atoms with Gasteiger partial charge in [-0.2, -0.15) is 0 Å². The molecule has 38 heavy (non-hydrogen) atoms. The third-order valence-electron chi connectivity index (χ3n) is 5.55. The van der Waals surface area contributed by atoms with Crippen LogP contribution in [0.4, 0.5) is 5.69 Å². The summed E-state index contributed by atoms with van der Waals surface area (Å²) >= 11 is 0. The first kappa shape index (κ1) is 27.9. The number of benzene rings is 3. The number of aryl methyl sites for hydroxylation is 1. The lowest BCUT2D eigenvalue weighted by atomic mass is 10.0. The number of carbonyl (C=O) groups is 2. The molecule has 0 heterocycles. The number of nitrogens with zero attached hydrogens (tertiary/aromatic N) is 1. The zero-order valence-corrected chi connectivity index (χ0v) is 20.8. The van der Waals surface area contributed by atoms with E-state index in [4.69, 9.17) is 9.47 Å². The highest BCUT2D eigenvalue weighted by atomic mass is 16.6. The molecule has 0 saturated heterocycles. The quantitative estimate of drug-likeness (QED) is 0.129. The molecule has 0 radical (unpaired) electrons. The summed E-state index contributed by atoms with van der Waals surface area (Å²) in [6.07, 6.45) is -0.732. The lowest BCUT2D eigenvalue weighted by Gasteiger charge is -2.19. The Labute approximate surface area is 220 Å². The van der Waals surface area contributed by atoms with Gasteiger partial charge in [0.05, 0.1) is 12.3 Å². The van der Waals surface area contributed by atoms with Crippen LogP contribution in [-0.4, -0.2) is 41.2 Å². The number of anilines is 1. The molecule has 2 unspecified atom stereocenters. The minimum Gasteiger partial charge on any atom is -0.484 e. The summed E-state index contributed by atoms with van der Waals surface area (Å²) in [6.45, 7) is 1.50. The first-order valence-electron chi connectivity index (χ1n) is 12.0. The second kappa shape index (κ2) is 14.2. The van der Waals surface area contributed by atoms with Gasteiger partial charge in [0, 0.05) is 28.4 Å². The third-order valence-corrected chi connectivity index (χ3v) is 5.55. The molecular formula is C29H28N2O7. The SMILES string of the molecule is CCOC(=O)C#CC(O)c1cccc(OCC(CCc2ccccc2)[N+](=O)[O-])c1NC(=O)c1ccccc1. The Kier molecular flexibility index (Phi) is 10.4. The Morgan fingerprint density at radius 2 is 1.71 bits per heavy atom. The summed E-state index contributed by atoms with van der Waals surface area (Å²) in [5.74, 6) is 3.44. The summed E-state index contributed by atoms with van der Waals surface area (Å²) in [4.78, 5) is 35.9. The van der Waals surface area contributed by atoms with E-state index in [2.05, 4.69) is 17.2 Å². The molecule has 9 heteroatoms. The molecule has 0 aliphatic heterocycles. The summed E-state index contributed by atoms with van der Waals surface area (Å²) < 4.78 is 10.6. The van der Waals surface area contributed by atoms with Crippen LogP contribution in [-0.2, 0) is 16.0 Å². The second-order valence-corrected chi connectivity index (χ2v) is 8.21. The predicted molar refractivity (Wildman–Crippen MR) is 141 cm³/mol. The Morgan fingerprint density at radius 1 is 1.03 bits per heavy atom. The number of carbonyl (C=O) groups excluding carboxylic acids is 2. The number of aliphatic hydroxyl groups is 1. The molecule has 0 fully saturated rings. The van der Waals surface area contributed by atoms with Gasteiger partial charge in [0.15, 0.2) is 6.61 Å². The number of aliphatic hydroxyl groups excluding tert-OH is 1. The number of esters is 1. The highest BCUT2D eigenvalue weighted by Gasteiger charge is 2.24. The molecular weight excluding hydrogens is 488 g/mol. The Hall–Kier alpha value is -4.68. The Bertz CT molecular complexity index is 1300. The van der Waals surface area contributed by atoms with Gasteiger partial charge >= 0.3 is 5.97 Å². The number of hydrogen-bond donors (Lipinski definition) is 2. The molecule has 1 amide bonds. The van der Waals surface area contributed by atoms with Crippen molar-refractivity contribution in [2.75, 3.05) is 18.5 Å². The highest BCUT2D eigenvalue weighted by molar-refractivity contribution is 6.05. The van der Waals surface area contributed by atoms with Gasteiger partial charge in [0.1, 0.15) is 11.9 Å². The van der Waals surface area contributed by atoms with E-state index in [9.17, 15) is 24.8 Å².